The van der Waals surface area contributed by atoms with Crippen LogP contribution in [-0.2, 0) is 54.3 Å². The molecule has 0 saturated carbocycles. The fourth-order valence-corrected chi connectivity index (χ4v) is 5.26. The number of hydrogen-bond donors (Lipinski definition) is 0. The van der Waals surface area contributed by atoms with Crippen LogP contribution in [0.2, 0.25) is 0 Å². The van der Waals surface area contributed by atoms with Crippen LogP contribution in [-0.4, -0.2) is 4.21 Å². The van der Waals surface area contributed by atoms with Crippen LogP contribution in [0.25, 0.3) is 11.1 Å². The molecule has 0 unspecified atom stereocenters. The molecule has 0 spiro atoms. The second-order valence-corrected chi connectivity index (χ2v) is 14.4. The van der Waals surface area contributed by atoms with Crippen molar-refractivity contribution in [3.8, 4) is 11.1 Å². The summed E-state index contributed by atoms with van der Waals surface area (Å²) in [4.78, 5) is 0. The summed E-state index contributed by atoms with van der Waals surface area (Å²) in [5.74, 6) is 0. The number of halogens is 2. The molecule has 270 valence electrons. The molecule has 0 fully saturated rings. The zero-order valence-electron chi connectivity index (χ0n) is 31.9. The molecule has 0 bridgehead atoms. The van der Waals surface area contributed by atoms with Gasteiger partial charge in [0.25, 0.3) is 0 Å². The maximum absolute atomic E-state index is 3.53. The van der Waals surface area contributed by atoms with E-state index in [1.54, 1.807) is 0 Å². The van der Waals surface area contributed by atoms with E-state index in [-0.39, 0.29) is 35.6 Å². The summed E-state index contributed by atoms with van der Waals surface area (Å²) in [5.41, 5.74) is 11.6. The Labute approximate surface area is 334 Å². The van der Waals surface area contributed by atoms with Gasteiger partial charge >= 0.3 is 28.4 Å². The third-order valence-corrected chi connectivity index (χ3v) is 8.32. The molecule has 0 amide bonds. The third-order valence-electron chi connectivity index (χ3n) is 8.32. The fourth-order valence-electron chi connectivity index (χ4n) is 5.26. The molecule has 50 heavy (non-hydrogen) atoms. The van der Waals surface area contributed by atoms with Crippen molar-refractivity contribution in [3.63, 3.8) is 0 Å². The van der Waals surface area contributed by atoms with Crippen molar-refractivity contribution in [3.05, 3.63) is 155 Å². The van der Waals surface area contributed by atoms with E-state index >= 15 is 0 Å². The van der Waals surface area contributed by atoms with E-state index in [2.05, 4.69) is 145 Å². The second-order valence-electron chi connectivity index (χ2n) is 14.4. The van der Waals surface area contributed by atoms with E-state index in [1.165, 1.54) is 107 Å². The summed E-state index contributed by atoms with van der Waals surface area (Å²) >= 11 is 1.30. The quantitative estimate of drug-likeness (QED) is 0.150. The van der Waals surface area contributed by atoms with Gasteiger partial charge in [0.15, 0.2) is 0 Å². The second kappa shape index (κ2) is 25.6. The zero-order valence-corrected chi connectivity index (χ0v) is 36.0. The molecular weight excluding hydrogens is 727 g/mol. The Bertz CT molecular complexity index is 1410. The van der Waals surface area contributed by atoms with Gasteiger partial charge in [-0.1, -0.05) is 129 Å². The summed E-state index contributed by atoms with van der Waals surface area (Å²) in [6, 6.07) is 37.5. The van der Waals surface area contributed by atoms with Crippen LogP contribution in [0.15, 0.2) is 97.1 Å². The Kier molecular flexibility index (Phi) is 24.4. The topological polar surface area (TPSA) is 0 Å². The molecule has 0 atom stereocenters. The molecule has 0 nitrogen and oxygen atoms in total. The van der Waals surface area contributed by atoms with Gasteiger partial charge in [0.05, 0.1) is 0 Å². The Morgan fingerprint density at radius 3 is 1.58 bits per heavy atom. The molecule has 3 heteroatoms. The fraction of sp³-hybridized carbons (Fsp3) is 0.383. The first kappa shape index (κ1) is 47.7. The van der Waals surface area contributed by atoms with Crippen molar-refractivity contribution in [1.82, 2.24) is 0 Å². The minimum atomic E-state index is 0. The first-order valence-electron chi connectivity index (χ1n) is 17.7. The standard InChI is InChI=1S/C21H25.2C10H13.C5H5.CH2.2ClH.Zr/c1-20(2,3)16-9-7-14-11-15-8-10-17(21(4,5)6)13-19(15)18(14)12-16;2*1-2-3-7-10-8-5-4-6-9-10;1-2-4-5-3-1;;;;/h7,9-10,12-13H,11H2,1-6H3;2*5-6,8-9H,2-3,7H2,1H3;1-3H,4H2;1H2;2*1H;/q4*-1;;;;. The van der Waals surface area contributed by atoms with Gasteiger partial charge in [-0.15, -0.1) is 36.8 Å². The Balaban J connectivity index is 0.000000698. The van der Waals surface area contributed by atoms with Gasteiger partial charge in [-0.25, -0.2) is 12.2 Å². The number of hydrogen-bond acceptors (Lipinski definition) is 0. The summed E-state index contributed by atoms with van der Waals surface area (Å²) in [6.45, 7) is 18.1. The van der Waals surface area contributed by atoms with Gasteiger partial charge in [0.1, 0.15) is 0 Å². The zero-order chi connectivity index (χ0) is 35.4. The van der Waals surface area contributed by atoms with Gasteiger partial charge in [-0.3, -0.25) is 6.08 Å². The van der Waals surface area contributed by atoms with E-state index in [0.29, 0.717) is 0 Å². The first-order chi connectivity index (χ1) is 23.0. The maximum atomic E-state index is 3.53. The molecule has 2 aliphatic carbocycles. The number of unbranched alkanes of at least 4 members (excludes halogenated alkanes) is 2. The summed E-state index contributed by atoms with van der Waals surface area (Å²) < 4.78 is 3.34. The van der Waals surface area contributed by atoms with E-state index in [4.69, 9.17) is 0 Å². The summed E-state index contributed by atoms with van der Waals surface area (Å²) in [6.07, 6.45) is 18.6. The molecule has 0 aliphatic heterocycles. The molecule has 2 aliphatic rings. The van der Waals surface area contributed by atoms with E-state index in [1.807, 2.05) is 36.4 Å². The van der Waals surface area contributed by atoms with Crippen LogP contribution in [0, 0.1) is 24.3 Å². The van der Waals surface area contributed by atoms with Crippen molar-refractivity contribution in [2.45, 2.75) is 118 Å². The molecular formula is C47H60Cl2Zr-4. The molecule has 0 heterocycles. The number of allylic oxidation sites excluding steroid dienone is 4. The molecule has 4 aromatic carbocycles. The average Bonchev–Trinajstić information content (AvgIpc) is 3.80. The van der Waals surface area contributed by atoms with Crippen LogP contribution in [0.1, 0.15) is 121 Å². The monoisotopic (exact) mass is 784 g/mol. The van der Waals surface area contributed by atoms with Crippen LogP contribution in [0.4, 0.5) is 0 Å². The SMILES string of the molecule is CC(C)(C)c1c[c-]c2c(c1)-c1cc(C(C)(C)C)ccc1C2.CCCCc1cc[c-]cc1.CCCCc1cc[c-]cc1.Cl.Cl.[C-]1=CC=CC1.[CH2]=[Zr]. The van der Waals surface area contributed by atoms with Gasteiger partial charge in [0, 0.05) is 0 Å². The number of fused-ring (bicyclic) bond motifs is 3. The third kappa shape index (κ3) is 17.3. The molecule has 4 aromatic rings. The van der Waals surface area contributed by atoms with Crippen LogP contribution < -0.4 is 0 Å². The van der Waals surface area contributed by atoms with Crippen LogP contribution in [0.3, 0.4) is 0 Å². The van der Waals surface area contributed by atoms with Crippen molar-refractivity contribution in [2.75, 3.05) is 0 Å². The first-order valence-corrected chi connectivity index (χ1v) is 19.4. The molecule has 0 saturated heterocycles. The van der Waals surface area contributed by atoms with Gasteiger partial charge < -0.3 is 0 Å². The summed E-state index contributed by atoms with van der Waals surface area (Å²) in [7, 11) is 0. The van der Waals surface area contributed by atoms with E-state index in [9.17, 15) is 0 Å². The predicted molar refractivity (Wildman–Crippen MR) is 222 cm³/mol. The summed E-state index contributed by atoms with van der Waals surface area (Å²) in [5, 5.41) is 0. The van der Waals surface area contributed by atoms with Crippen molar-refractivity contribution in [2.24, 2.45) is 0 Å². The van der Waals surface area contributed by atoms with Crippen molar-refractivity contribution in [1.29, 1.82) is 0 Å². The van der Waals surface area contributed by atoms with Crippen LogP contribution in [0.5, 0.6) is 0 Å². The number of rotatable bonds is 6. The minimum absolute atomic E-state index is 0. The van der Waals surface area contributed by atoms with Gasteiger partial charge in [-0.2, -0.15) is 107 Å². The molecule has 0 aromatic heterocycles. The number of aryl methyl sites for hydroxylation is 2. The van der Waals surface area contributed by atoms with Crippen LogP contribution >= 0.6 is 24.8 Å². The Morgan fingerprint density at radius 1 is 0.680 bits per heavy atom. The normalized spacial score (nSPS) is 11.6. The molecule has 0 N–H and O–H groups in total. The predicted octanol–water partition coefficient (Wildman–Crippen LogP) is 13.4. The Morgan fingerprint density at radius 2 is 1.18 bits per heavy atom. The van der Waals surface area contributed by atoms with Crippen molar-refractivity contribution < 1.29 is 24.2 Å². The average molecular weight is 787 g/mol. The Hall–Kier alpha value is -2.31. The van der Waals surface area contributed by atoms with Crippen molar-refractivity contribution >= 4 is 29.0 Å². The van der Waals surface area contributed by atoms with Gasteiger partial charge in [-0.05, 0) is 17.4 Å². The number of benzene rings is 4. The van der Waals surface area contributed by atoms with E-state index in [0.717, 1.165) is 12.8 Å². The molecule has 6 rings (SSSR count). The van der Waals surface area contributed by atoms with E-state index < -0.39 is 0 Å². The van der Waals surface area contributed by atoms with Gasteiger partial charge in [0.2, 0.25) is 0 Å². The molecule has 0 radical (unpaired) electrons.